The molecule has 0 saturated heterocycles. The summed E-state index contributed by atoms with van der Waals surface area (Å²) in [6.45, 7) is 44.9. The smallest absolute Gasteiger partial charge is 0.236 e. The van der Waals surface area contributed by atoms with Gasteiger partial charge in [0.25, 0.3) is 0 Å². The summed E-state index contributed by atoms with van der Waals surface area (Å²) >= 11 is 0. The van der Waals surface area contributed by atoms with Gasteiger partial charge in [0.15, 0.2) is 0 Å². The predicted octanol–water partition coefficient (Wildman–Crippen LogP) is 12.5. The molecule has 4 rings (SSSR count). The molecule has 7 heteroatoms. The molecule has 0 aliphatic carbocycles. The van der Waals surface area contributed by atoms with Crippen molar-refractivity contribution in [2.75, 3.05) is 0 Å². The van der Waals surface area contributed by atoms with Crippen LogP contribution in [0.2, 0.25) is 0 Å². The first-order valence-corrected chi connectivity index (χ1v) is 26.6. The summed E-state index contributed by atoms with van der Waals surface area (Å²) in [6.07, 6.45) is 3.51. The third-order valence-electron chi connectivity index (χ3n) is 10.4. The maximum Gasteiger partial charge on any atom is 0.236 e. The molecule has 0 spiro atoms. The third kappa shape index (κ3) is 17.1. The zero-order valence-corrected chi connectivity index (χ0v) is 45.6. The Kier molecular flexibility index (Phi) is 16.1. The summed E-state index contributed by atoms with van der Waals surface area (Å²) in [5.41, 5.74) is -1.48. The van der Waals surface area contributed by atoms with Gasteiger partial charge in [-0.2, -0.15) is 0 Å². The van der Waals surface area contributed by atoms with Crippen molar-refractivity contribution in [2.45, 2.75) is 187 Å². The zero-order chi connectivity index (χ0) is 47.5. The van der Waals surface area contributed by atoms with Gasteiger partial charge in [0, 0.05) is 20.7 Å². The van der Waals surface area contributed by atoms with Gasteiger partial charge in [0.05, 0.1) is 0 Å². The number of ether oxygens (including phenoxy) is 4. The number of hydrogen-bond acceptors (Lipinski definition) is 5. The maximum absolute atomic E-state index is 8.18. The fourth-order valence-corrected chi connectivity index (χ4v) is 17.3. The van der Waals surface area contributed by atoms with Crippen LogP contribution in [0.15, 0.2) is 97.1 Å². The lowest BCUT2D eigenvalue weighted by atomic mass is 9.83. The molecule has 63 heavy (non-hydrogen) atoms. The van der Waals surface area contributed by atoms with E-state index >= 15 is 0 Å². The Morgan fingerprint density at radius 3 is 0.635 bits per heavy atom. The van der Waals surface area contributed by atoms with Crippen LogP contribution < -0.4 is 39.7 Å². The summed E-state index contributed by atoms with van der Waals surface area (Å²) < 4.78 is 36.8. The molecule has 0 saturated carbocycles. The number of benzene rings is 4. The first kappa shape index (κ1) is 52.1. The topological polar surface area (TPSA) is 46.2 Å². The Morgan fingerprint density at radius 2 is 0.460 bits per heavy atom. The highest BCUT2D eigenvalue weighted by molar-refractivity contribution is 6.93. The zero-order valence-electron chi connectivity index (χ0n) is 43.3. The molecule has 0 aromatic heterocycles. The second kappa shape index (κ2) is 19.5. The quantitative estimate of drug-likeness (QED) is 0.0931. The Balaban J connectivity index is 2.07. The Hall–Kier alpha value is -3.53. The molecular formula is C56H86O5Si2. The van der Waals surface area contributed by atoms with Crippen molar-refractivity contribution in [2.24, 2.45) is 21.7 Å². The van der Waals surface area contributed by atoms with Crippen LogP contribution in [-0.4, -0.2) is 40.5 Å². The molecule has 0 heterocycles. The molecule has 0 bridgehead atoms. The van der Waals surface area contributed by atoms with Gasteiger partial charge in [0.1, 0.15) is 45.4 Å². The molecular weight excluding hydrogens is 809 g/mol. The van der Waals surface area contributed by atoms with Crippen LogP contribution in [0.4, 0.5) is 0 Å². The SMILES string of the molecule is CC(C)(C)CC(C)(C)Oc1ccccc1[SiH](O[SiH](c1ccccc1OC(C)(C)CC(C)(C)C)c1ccccc1OC(C)(C)CC(C)(C)C)c1ccccc1OC(C)(C)CC(C)(C)C. The summed E-state index contributed by atoms with van der Waals surface area (Å²) in [5.74, 6) is 3.41. The van der Waals surface area contributed by atoms with Gasteiger partial charge in [-0.15, -0.1) is 0 Å². The van der Waals surface area contributed by atoms with E-state index in [1.165, 1.54) is 0 Å². The van der Waals surface area contributed by atoms with E-state index in [0.29, 0.717) is 0 Å². The number of hydrogen-bond donors (Lipinski definition) is 0. The van der Waals surface area contributed by atoms with Crippen molar-refractivity contribution in [3.8, 4) is 23.0 Å². The lowest BCUT2D eigenvalue weighted by Crippen LogP contribution is -2.57. The molecule has 0 aliphatic rings. The minimum absolute atomic E-state index is 0.0673. The molecule has 0 fully saturated rings. The minimum Gasteiger partial charge on any atom is -0.488 e. The molecule has 0 unspecified atom stereocenters. The number of para-hydroxylation sites is 4. The number of rotatable bonds is 18. The highest BCUT2D eigenvalue weighted by atomic mass is 28.4. The van der Waals surface area contributed by atoms with E-state index in [4.69, 9.17) is 23.1 Å². The molecule has 0 atom stereocenters. The molecule has 4 aromatic rings. The van der Waals surface area contributed by atoms with E-state index in [1.807, 2.05) is 0 Å². The van der Waals surface area contributed by atoms with E-state index in [9.17, 15) is 0 Å². The normalized spacial score (nSPS) is 13.7. The minimum atomic E-state index is -2.73. The van der Waals surface area contributed by atoms with Crippen LogP contribution in [0.1, 0.15) is 164 Å². The van der Waals surface area contributed by atoms with Gasteiger partial charge in [0.2, 0.25) is 18.1 Å². The second-order valence-corrected chi connectivity index (χ2v) is 30.5. The van der Waals surface area contributed by atoms with E-state index in [0.717, 1.165) is 69.4 Å². The van der Waals surface area contributed by atoms with E-state index in [1.54, 1.807) is 0 Å². The van der Waals surface area contributed by atoms with Crippen LogP contribution >= 0.6 is 0 Å². The van der Waals surface area contributed by atoms with Crippen molar-refractivity contribution >= 4 is 38.8 Å². The Morgan fingerprint density at radius 1 is 0.286 bits per heavy atom. The molecule has 348 valence electrons. The molecule has 0 N–H and O–H groups in total. The van der Waals surface area contributed by atoms with Crippen molar-refractivity contribution in [3.05, 3.63) is 97.1 Å². The van der Waals surface area contributed by atoms with Crippen LogP contribution in [0.25, 0.3) is 0 Å². The van der Waals surface area contributed by atoms with Crippen molar-refractivity contribution in [1.29, 1.82) is 0 Å². The van der Waals surface area contributed by atoms with Gasteiger partial charge in [-0.05, 0) is 127 Å². The Bertz CT molecular complexity index is 1790. The second-order valence-electron chi connectivity index (χ2n) is 25.4. The molecule has 0 amide bonds. The maximum atomic E-state index is 8.18. The van der Waals surface area contributed by atoms with E-state index in [2.05, 4.69) is 236 Å². The van der Waals surface area contributed by atoms with Gasteiger partial charge in [-0.1, -0.05) is 156 Å². The van der Waals surface area contributed by atoms with Crippen molar-refractivity contribution in [3.63, 3.8) is 0 Å². The van der Waals surface area contributed by atoms with E-state index < -0.39 is 40.5 Å². The average Bonchev–Trinajstić information content (AvgIpc) is 3.05. The summed E-state index contributed by atoms with van der Waals surface area (Å²) in [7, 11) is -5.46. The standard InChI is InChI=1S/C56H86O5Si2/c1-49(2,3)37-53(13,14)57-41-29-21-25-33-45(41)62(46-34-26-22-30-42(46)58-54(15,16)38-50(4,5)6)61-63(47-35-27-23-31-43(47)59-55(17,18)39-51(7,8)9)48-36-28-24-32-44(48)60-56(19,20)40-52(10,11)12/h21-36,62-63H,37-40H2,1-20H3. The first-order valence-electron chi connectivity index (χ1n) is 23.4. The molecule has 0 radical (unpaired) electrons. The van der Waals surface area contributed by atoms with Gasteiger partial charge < -0.3 is 23.1 Å². The lowest BCUT2D eigenvalue weighted by Gasteiger charge is -2.37. The Labute approximate surface area is 388 Å². The van der Waals surface area contributed by atoms with Gasteiger partial charge >= 0.3 is 0 Å². The van der Waals surface area contributed by atoms with Crippen LogP contribution in [0.5, 0.6) is 23.0 Å². The largest absolute Gasteiger partial charge is 0.488 e. The summed E-state index contributed by atoms with van der Waals surface area (Å²) in [5, 5.41) is 4.33. The molecule has 0 aliphatic heterocycles. The molecule has 4 aromatic carbocycles. The highest BCUT2D eigenvalue weighted by Crippen LogP contribution is 2.35. The fourth-order valence-electron chi connectivity index (χ4n) is 10.4. The summed E-state index contributed by atoms with van der Waals surface area (Å²) in [4.78, 5) is 0. The highest BCUT2D eigenvalue weighted by Gasteiger charge is 2.39. The molecule has 5 nitrogen and oxygen atoms in total. The van der Waals surface area contributed by atoms with Gasteiger partial charge in [-0.3, -0.25) is 0 Å². The monoisotopic (exact) mass is 895 g/mol. The first-order chi connectivity index (χ1) is 28.6. The van der Waals surface area contributed by atoms with Crippen molar-refractivity contribution in [1.82, 2.24) is 0 Å². The average molecular weight is 895 g/mol. The lowest BCUT2D eigenvalue weighted by molar-refractivity contribution is 0.0623. The predicted molar refractivity (Wildman–Crippen MR) is 275 cm³/mol. The van der Waals surface area contributed by atoms with Crippen LogP contribution in [-0.2, 0) is 4.12 Å². The fraction of sp³-hybridized carbons (Fsp3) is 0.571. The van der Waals surface area contributed by atoms with Crippen molar-refractivity contribution < 1.29 is 23.1 Å². The van der Waals surface area contributed by atoms with Crippen LogP contribution in [0, 0.1) is 21.7 Å². The van der Waals surface area contributed by atoms with Gasteiger partial charge in [-0.25, -0.2) is 0 Å². The van der Waals surface area contributed by atoms with E-state index in [-0.39, 0.29) is 21.7 Å². The van der Waals surface area contributed by atoms with Crippen LogP contribution in [0.3, 0.4) is 0 Å². The third-order valence-corrected chi connectivity index (χ3v) is 16.8. The summed E-state index contributed by atoms with van der Waals surface area (Å²) in [6, 6.07) is 34.3.